The van der Waals surface area contributed by atoms with E-state index in [-0.39, 0.29) is 11.9 Å². The third kappa shape index (κ3) is 7.33. The van der Waals surface area contributed by atoms with Gasteiger partial charge in [-0.05, 0) is 37.3 Å². The van der Waals surface area contributed by atoms with Crippen molar-refractivity contribution >= 4 is 5.91 Å². The lowest BCUT2D eigenvalue weighted by Gasteiger charge is -2.18. The first-order valence-corrected chi connectivity index (χ1v) is 10.9. The number of nitrogens with zero attached hydrogens (tertiary/aromatic N) is 3. The number of unbranched alkanes of at least 4 members (excludes halogenated alkanes) is 9. The van der Waals surface area contributed by atoms with Gasteiger partial charge in [-0.25, -0.2) is 0 Å². The number of nitriles is 1. The maximum absolute atomic E-state index is 12.5. The first-order valence-electron chi connectivity index (χ1n) is 10.9. The molecule has 2 heterocycles. The van der Waals surface area contributed by atoms with Gasteiger partial charge in [-0.2, -0.15) is 5.26 Å². The van der Waals surface area contributed by atoms with Crippen LogP contribution in [0, 0.1) is 11.3 Å². The number of carbonyl (C=O) groups is 1. The highest BCUT2D eigenvalue weighted by Crippen LogP contribution is 2.19. The lowest BCUT2D eigenvalue weighted by atomic mass is 10.0. The monoisotopic (exact) mass is 369 g/mol. The van der Waals surface area contributed by atoms with E-state index in [1.807, 2.05) is 18.3 Å². The number of pyridine rings is 1. The molecule has 148 valence electrons. The molecule has 0 bridgehead atoms. The second-order valence-corrected chi connectivity index (χ2v) is 7.77. The average Bonchev–Trinajstić information content (AvgIpc) is 3.18. The Labute approximate surface area is 165 Å². The van der Waals surface area contributed by atoms with Crippen molar-refractivity contribution in [1.82, 2.24) is 9.88 Å². The van der Waals surface area contributed by atoms with Gasteiger partial charge in [0.25, 0.3) is 5.91 Å². The van der Waals surface area contributed by atoms with E-state index in [0.717, 1.165) is 19.3 Å². The van der Waals surface area contributed by atoms with E-state index < -0.39 is 0 Å². The van der Waals surface area contributed by atoms with Crippen LogP contribution in [0.4, 0.5) is 0 Å². The molecule has 1 atom stereocenters. The molecule has 0 aliphatic carbocycles. The molecule has 0 spiro atoms. The van der Waals surface area contributed by atoms with Gasteiger partial charge in [0, 0.05) is 12.7 Å². The van der Waals surface area contributed by atoms with Gasteiger partial charge < -0.3 is 4.90 Å². The predicted octanol–water partition coefficient (Wildman–Crippen LogP) is 5.67. The summed E-state index contributed by atoms with van der Waals surface area (Å²) in [5, 5.41) is 9.13. The highest BCUT2D eigenvalue weighted by Gasteiger charge is 2.29. The fraction of sp³-hybridized carbons (Fsp3) is 0.696. The van der Waals surface area contributed by atoms with Crippen LogP contribution in [0.25, 0.3) is 0 Å². The minimum absolute atomic E-state index is 0.107. The minimum Gasteiger partial charge on any atom is -0.321 e. The Bertz CT molecular complexity index is 591. The molecule has 1 aliphatic heterocycles. The fourth-order valence-corrected chi connectivity index (χ4v) is 3.81. The Balaban J connectivity index is 1.60. The van der Waals surface area contributed by atoms with Crippen molar-refractivity contribution in [2.24, 2.45) is 0 Å². The quantitative estimate of drug-likeness (QED) is 0.446. The summed E-state index contributed by atoms with van der Waals surface area (Å²) in [6.45, 7) is 2.93. The third-order valence-corrected chi connectivity index (χ3v) is 5.53. The summed E-state index contributed by atoms with van der Waals surface area (Å²) in [5.74, 6) is -0.107. The molecule has 1 aromatic rings. The standard InChI is InChI=1S/C23H35N3O/c1-2-3-4-5-6-7-8-9-10-11-13-20-15-16-22(25-19-20)23(27)26-17-12-14-21(26)18-24/h15-16,19,21H,2-14,17H2,1H3/t21-/m0/s1. The van der Waals surface area contributed by atoms with E-state index in [0.29, 0.717) is 12.2 Å². The zero-order valence-corrected chi connectivity index (χ0v) is 17.0. The Morgan fingerprint density at radius 2 is 1.78 bits per heavy atom. The van der Waals surface area contributed by atoms with Gasteiger partial charge in [-0.3, -0.25) is 9.78 Å². The normalized spacial score (nSPS) is 16.4. The van der Waals surface area contributed by atoms with Crippen LogP contribution in [0.1, 0.15) is 100 Å². The van der Waals surface area contributed by atoms with Gasteiger partial charge in [0.2, 0.25) is 0 Å². The molecule has 1 saturated heterocycles. The molecule has 4 nitrogen and oxygen atoms in total. The second-order valence-electron chi connectivity index (χ2n) is 7.77. The van der Waals surface area contributed by atoms with Crippen LogP contribution in [-0.4, -0.2) is 28.4 Å². The molecule has 0 saturated carbocycles. The van der Waals surface area contributed by atoms with Gasteiger partial charge >= 0.3 is 0 Å². The van der Waals surface area contributed by atoms with Crippen LogP contribution >= 0.6 is 0 Å². The molecule has 27 heavy (non-hydrogen) atoms. The topological polar surface area (TPSA) is 57.0 Å². The number of aromatic nitrogens is 1. The zero-order valence-electron chi connectivity index (χ0n) is 17.0. The molecule has 1 fully saturated rings. The van der Waals surface area contributed by atoms with Crippen LogP contribution in [0.5, 0.6) is 0 Å². The molecule has 1 aromatic heterocycles. The van der Waals surface area contributed by atoms with Crippen molar-refractivity contribution in [3.63, 3.8) is 0 Å². The highest BCUT2D eigenvalue weighted by atomic mass is 16.2. The van der Waals surface area contributed by atoms with Crippen LogP contribution in [-0.2, 0) is 6.42 Å². The number of rotatable bonds is 12. The van der Waals surface area contributed by atoms with E-state index in [4.69, 9.17) is 5.26 Å². The highest BCUT2D eigenvalue weighted by molar-refractivity contribution is 5.92. The molecule has 1 amide bonds. The lowest BCUT2D eigenvalue weighted by molar-refractivity contribution is 0.0759. The van der Waals surface area contributed by atoms with Gasteiger partial charge in [-0.15, -0.1) is 0 Å². The van der Waals surface area contributed by atoms with Gasteiger partial charge in [0.1, 0.15) is 11.7 Å². The van der Waals surface area contributed by atoms with Crippen LogP contribution in [0.3, 0.4) is 0 Å². The molecule has 0 N–H and O–H groups in total. The van der Waals surface area contributed by atoms with Crippen molar-refractivity contribution in [3.8, 4) is 6.07 Å². The van der Waals surface area contributed by atoms with Crippen molar-refractivity contribution in [1.29, 1.82) is 5.26 Å². The summed E-state index contributed by atoms with van der Waals surface area (Å²) in [4.78, 5) is 18.5. The van der Waals surface area contributed by atoms with Crippen LogP contribution in [0.15, 0.2) is 18.3 Å². The molecular weight excluding hydrogens is 334 g/mol. The molecule has 4 heteroatoms. The maximum Gasteiger partial charge on any atom is 0.273 e. The van der Waals surface area contributed by atoms with Crippen molar-refractivity contribution in [3.05, 3.63) is 29.6 Å². The first kappa shape index (κ1) is 21.4. The SMILES string of the molecule is CCCCCCCCCCCCc1ccc(C(=O)N2CCC[C@H]2C#N)nc1. The number of carbonyl (C=O) groups excluding carboxylic acids is 1. The van der Waals surface area contributed by atoms with Crippen LogP contribution < -0.4 is 0 Å². The van der Waals surface area contributed by atoms with E-state index in [1.54, 1.807) is 4.90 Å². The fourth-order valence-electron chi connectivity index (χ4n) is 3.81. The van der Waals surface area contributed by atoms with Gasteiger partial charge in [0.05, 0.1) is 6.07 Å². The van der Waals surface area contributed by atoms with E-state index in [9.17, 15) is 4.79 Å². The first-order chi connectivity index (χ1) is 13.3. The predicted molar refractivity (Wildman–Crippen MR) is 109 cm³/mol. The van der Waals surface area contributed by atoms with E-state index in [1.165, 1.54) is 69.8 Å². The van der Waals surface area contributed by atoms with Crippen molar-refractivity contribution < 1.29 is 4.79 Å². The smallest absolute Gasteiger partial charge is 0.273 e. The number of hydrogen-bond donors (Lipinski definition) is 0. The van der Waals surface area contributed by atoms with Gasteiger partial charge in [-0.1, -0.05) is 70.8 Å². The summed E-state index contributed by atoms with van der Waals surface area (Å²) in [6, 6.07) is 5.77. The Hall–Kier alpha value is -1.89. The summed E-state index contributed by atoms with van der Waals surface area (Å²) in [6.07, 6.45) is 18.0. The van der Waals surface area contributed by atoms with Crippen LogP contribution in [0.2, 0.25) is 0 Å². The van der Waals surface area contributed by atoms with Gasteiger partial charge in [0.15, 0.2) is 0 Å². The minimum atomic E-state index is -0.286. The van der Waals surface area contributed by atoms with Crippen molar-refractivity contribution in [2.45, 2.75) is 96.4 Å². The molecule has 0 radical (unpaired) electrons. The number of likely N-dealkylation sites (tertiary alicyclic amines) is 1. The van der Waals surface area contributed by atoms with Crippen molar-refractivity contribution in [2.75, 3.05) is 6.54 Å². The Morgan fingerprint density at radius 1 is 1.11 bits per heavy atom. The zero-order chi connectivity index (χ0) is 19.3. The molecule has 1 aliphatic rings. The second kappa shape index (κ2) is 12.5. The summed E-state index contributed by atoms with van der Waals surface area (Å²) < 4.78 is 0. The molecule has 0 aromatic carbocycles. The largest absolute Gasteiger partial charge is 0.321 e. The maximum atomic E-state index is 12.5. The summed E-state index contributed by atoms with van der Waals surface area (Å²) in [5.41, 5.74) is 1.66. The summed E-state index contributed by atoms with van der Waals surface area (Å²) in [7, 11) is 0. The molecule has 2 rings (SSSR count). The Kier molecular flexibility index (Phi) is 9.90. The molecular formula is C23H35N3O. The lowest BCUT2D eigenvalue weighted by Crippen LogP contribution is -2.35. The average molecular weight is 370 g/mol. The van der Waals surface area contributed by atoms with E-state index in [2.05, 4.69) is 18.0 Å². The molecule has 0 unspecified atom stereocenters. The number of hydrogen-bond acceptors (Lipinski definition) is 3. The number of aryl methyl sites for hydroxylation is 1. The third-order valence-electron chi connectivity index (χ3n) is 5.53. The van der Waals surface area contributed by atoms with E-state index >= 15 is 0 Å². The Morgan fingerprint density at radius 3 is 2.37 bits per heavy atom. The number of amides is 1. The summed E-state index contributed by atoms with van der Waals surface area (Å²) >= 11 is 0.